The van der Waals surface area contributed by atoms with Crippen LogP contribution in [0.1, 0.15) is 45.1 Å². The molecule has 114 valence electrons. The van der Waals surface area contributed by atoms with Crippen LogP contribution in [0.25, 0.3) is 0 Å². The molecule has 1 N–H and O–H groups in total. The number of hydrogen-bond acceptors (Lipinski definition) is 2. The third-order valence-electron chi connectivity index (χ3n) is 3.51. The Kier molecular flexibility index (Phi) is 7.77. The third-order valence-corrected chi connectivity index (χ3v) is 5.64. The fraction of sp³-hybridized carbons (Fsp3) is 0.600. The first-order chi connectivity index (χ1) is 9.55. The summed E-state index contributed by atoms with van der Waals surface area (Å²) in [6.07, 6.45) is 4.38. The number of alkyl halides is 1. The predicted octanol–water partition coefficient (Wildman–Crippen LogP) is 4.08. The molecule has 0 heterocycles. The van der Waals surface area contributed by atoms with Gasteiger partial charge in [0.05, 0.1) is 4.90 Å². The van der Waals surface area contributed by atoms with E-state index in [1.807, 2.05) is 12.1 Å². The van der Waals surface area contributed by atoms with Crippen LogP contribution >= 0.6 is 15.9 Å². The van der Waals surface area contributed by atoms with Crippen LogP contribution in [0.4, 0.5) is 0 Å². The van der Waals surface area contributed by atoms with Gasteiger partial charge < -0.3 is 0 Å². The molecule has 20 heavy (non-hydrogen) atoms. The minimum atomic E-state index is -3.41. The van der Waals surface area contributed by atoms with E-state index >= 15 is 0 Å². The van der Waals surface area contributed by atoms with Gasteiger partial charge in [0.2, 0.25) is 10.0 Å². The summed E-state index contributed by atoms with van der Waals surface area (Å²) < 4.78 is 27.5. The molecule has 0 spiro atoms. The van der Waals surface area contributed by atoms with Gasteiger partial charge in [-0.3, -0.25) is 0 Å². The summed E-state index contributed by atoms with van der Waals surface area (Å²) in [7, 11) is -3.41. The van der Waals surface area contributed by atoms with Crippen molar-refractivity contribution in [3.05, 3.63) is 29.8 Å². The van der Waals surface area contributed by atoms with Crippen molar-refractivity contribution in [2.45, 2.75) is 49.8 Å². The van der Waals surface area contributed by atoms with E-state index in [0.29, 0.717) is 22.7 Å². The second-order valence-electron chi connectivity index (χ2n) is 5.01. The summed E-state index contributed by atoms with van der Waals surface area (Å²) >= 11 is 3.34. The smallest absolute Gasteiger partial charge is 0.211 e. The molecular formula is C15H24BrNO2S. The summed E-state index contributed by atoms with van der Waals surface area (Å²) in [5.41, 5.74) is 0.793. The fourth-order valence-electron chi connectivity index (χ4n) is 2.13. The summed E-state index contributed by atoms with van der Waals surface area (Å²) in [4.78, 5) is 0.377. The van der Waals surface area contributed by atoms with Crippen LogP contribution in [0.5, 0.6) is 0 Å². The van der Waals surface area contributed by atoms with E-state index in [4.69, 9.17) is 0 Å². The van der Waals surface area contributed by atoms with Crippen molar-refractivity contribution in [2.75, 3.05) is 6.54 Å². The van der Waals surface area contributed by atoms with Crippen molar-refractivity contribution >= 4 is 26.0 Å². The Labute approximate surface area is 131 Å². The van der Waals surface area contributed by atoms with Crippen molar-refractivity contribution in [2.24, 2.45) is 5.92 Å². The maximum atomic E-state index is 12.4. The van der Waals surface area contributed by atoms with Crippen LogP contribution in [-0.4, -0.2) is 15.0 Å². The molecule has 1 aromatic rings. The van der Waals surface area contributed by atoms with Crippen molar-refractivity contribution < 1.29 is 8.42 Å². The lowest BCUT2D eigenvalue weighted by molar-refractivity contribution is 0.443. The molecule has 0 aromatic heterocycles. The Morgan fingerprint density at radius 3 is 2.55 bits per heavy atom. The van der Waals surface area contributed by atoms with Gasteiger partial charge in [-0.05, 0) is 24.0 Å². The zero-order chi connectivity index (χ0) is 15.0. The fourth-order valence-corrected chi connectivity index (χ4v) is 4.15. The Hall–Kier alpha value is -0.390. The molecule has 0 aliphatic carbocycles. The van der Waals surface area contributed by atoms with Crippen LogP contribution in [0.2, 0.25) is 0 Å². The quantitative estimate of drug-likeness (QED) is 0.673. The topological polar surface area (TPSA) is 46.2 Å². The molecule has 0 aliphatic rings. The summed E-state index contributed by atoms with van der Waals surface area (Å²) in [5.74, 6) is 0.417. The molecule has 0 radical (unpaired) electrons. The minimum absolute atomic E-state index is 0.377. The van der Waals surface area contributed by atoms with E-state index in [1.165, 1.54) is 0 Å². The van der Waals surface area contributed by atoms with Crippen molar-refractivity contribution in [1.29, 1.82) is 0 Å². The van der Waals surface area contributed by atoms with E-state index < -0.39 is 10.0 Å². The van der Waals surface area contributed by atoms with Gasteiger partial charge in [0.25, 0.3) is 0 Å². The highest BCUT2D eigenvalue weighted by Crippen LogP contribution is 2.19. The standard InChI is InChI=1S/C15H24BrNO2S/c1-3-5-8-13(4-2)12-17-20(18,19)15-10-7-6-9-14(15)11-16/h6-7,9-10,13,17H,3-5,8,11-12H2,1-2H3. The van der Waals surface area contributed by atoms with Gasteiger partial charge in [0.15, 0.2) is 0 Å². The lowest BCUT2D eigenvalue weighted by Crippen LogP contribution is -2.30. The molecule has 0 fully saturated rings. The van der Waals surface area contributed by atoms with Crippen LogP contribution < -0.4 is 4.72 Å². The highest BCUT2D eigenvalue weighted by Gasteiger charge is 2.18. The van der Waals surface area contributed by atoms with E-state index in [0.717, 1.165) is 31.2 Å². The first kappa shape index (κ1) is 17.7. The molecule has 5 heteroatoms. The number of unbranched alkanes of at least 4 members (excludes halogenated alkanes) is 1. The van der Waals surface area contributed by atoms with Gasteiger partial charge in [-0.15, -0.1) is 0 Å². The van der Waals surface area contributed by atoms with Gasteiger partial charge >= 0.3 is 0 Å². The minimum Gasteiger partial charge on any atom is -0.211 e. The molecule has 0 bridgehead atoms. The Morgan fingerprint density at radius 2 is 1.95 bits per heavy atom. The molecular weight excluding hydrogens is 338 g/mol. The highest BCUT2D eigenvalue weighted by molar-refractivity contribution is 9.08. The normalized spacial score (nSPS) is 13.3. The van der Waals surface area contributed by atoms with E-state index in [1.54, 1.807) is 12.1 Å². The number of hydrogen-bond donors (Lipinski definition) is 1. The van der Waals surface area contributed by atoms with Gasteiger partial charge in [-0.25, -0.2) is 13.1 Å². The van der Waals surface area contributed by atoms with Gasteiger partial charge in [0, 0.05) is 11.9 Å². The molecule has 1 aromatic carbocycles. The first-order valence-corrected chi connectivity index (χ1v) is 9.79. The second-order valence-corrected chi connectivity index (χ2v) is 7.31. The number of nitrogens with one attached hydrogen (secondary N) is 1. The van der Waals surface area contributed by atoms with Gasteiger partial charge in [0.1, 0.15) is 0 Å². The van der Waals surface area contributed by atoms with Crippen LogP contribution in [0.3, 0.4) is 0 Å². The summed E-state index contributed by atoms with van der Waals surface area (Å²) in [5, 5.41) is 0.539. The third kappa shape index (κ3) is 5.19. The summed E-state index contributed by atoms with van der Waals surface area (Å²) in [6.45, 7) is 4.79. The molecule has 1 atom stereocenters. The highest BCUT2D eigenvalue weighted by atomic mass is 79.9. The number of benzene rings is 1. The predicted molar refractivity (Wildman–Crippen MR) is 87.6 cm³/mol. The molecule has 0 saturated heterocycles. The lowest BCUT2D eigenvalue weighted by atomic mass is 10.00. The average molecular weight is 362 g/mol. The summed E-state index contributed by atoms with van der Waals surface area (Å²) in [6, 6.07) is 7.10. The molecule has 0 saturated carbocycles. The number of sulfonamides is 1. The molecule has 0 aliphatic heterocycles. The molecule has 3 nitrogen and oxygen atoms in total. The van der Waals surface area contributed by atoms with Gasteiger partial charge in [-0.2, -0.15) is 0 Å². The SMILES string of the molecule is CCCCC(CC)CNS(=O)(=O)c1ccccc1CBr. The largest absolute Gasteiger partial charge is 0.240 e. The van der Waals surface area contributed by atoms with E-state index in [-0.39, 0.29) is 0 Å². The van der Waals surface area contributed by atoms with Crippen molar-refractivity contribution in [1.82, 2.24) is 4.72 Å². The Balaban J connectivity index is 2.74. The van der Waals surface area contributed by atoms with Gasteiger partial charge in [-0.1, -0.05) is 67.2 Å². The first-order valence-electron chi connectivity index (χ1n) is 7.18. The van der Waals surface area contributed by atoms with Crippen LogP contribution in [0, 0.1) is 5.92 Å². The molecule has 1 unspecified atom stereocenters. The molecule has 0 amide bonds. The number of rotatable bonds is 9. The Morgan fingerprint density at radius 1 is 1.25 bits per heavy atom. The maximum absolute atomic E-state index is 12.4. The van der Waals surface area contributed by atoms with Crippen LogP contribution in [0.15, 0.2) is 29.2 Å². The maximum Gasteiger partial charge on any atom is 0.240 e. The zero-order valence-corrected chi connectivity index (χ0v) is 14.6. The van der Waals surface area contributed by atoms with Crippen molar-refractivity contribution in [3.63, 3.8) is 0 Å². The zero-order valence-electron chi connectivity index (χ0n) is 12.2. The lowest BCUT2D eigenvalue weighted by Gasteiger charge is -2.16. The van der Waals surface area contributed by atoms with E-state index in [9.17, 15) is 8.42 Å². The van der Waals surface area contributed by atoms with E-state index in [2.05, 4.69) is 34.5 Å². The Bertz CT molecular complexity index is 502. The monoisotopic (exact) mass is 361 g/mol. The molecule has 1 rings (SSSR count). The average Bonchev–Trinajstić information content (AvgIpc) is 2.47. The second kappa shape index (κ2) is 8.80. The van der Waals surface area contributed by atoms with Crippen LogP contribution in [-0.2, 0) is 15.4 Å². The van der Waals surface area contributed by atoms with Crippen molar-refractivity contribution in [3.8, 4) is 0 Å². The number of halogens is 1.